The van der Waals surface area contributed by atoms with Gasteiger partial charge < -0.3 is 0 Å². The number of nitrogens with two attached hydrogens (primary N) is 1. The highest BCUT2D eigenvalue weighted by molar-refractivity contribution is 9.10. The fourth-order valence-electron chi connectivity index (χ4n) is 2.25. The standard InChI is InChI=1S/C15H15BrF2N2/c1-8-5-10(6-9(2)14(8)16)15(20-19)12-4-3-11(17)7-13(12)18/h3-7,15,20H,19H2,1-2H3. The Morgan fingerprint density at radius 2 is 1.70 bits per heavy atom. The maximum absolute atomic E-state index is 13.9. The summed E-state index contributed by atoms with van der Waals surface area (Å²) in [7, 11) is 0. The van der Waals surface area contributed by atoms with Crippen LogP contribution in [0.3, 0.4) is 0 Å². The molecule has 0 aliphatic rings. The van der Waals surface area contributed by atoms with Crippen LogP contribution in [0.2, 0.25) is 0 Å². The quantitative estimate of drug-likeness (QED) is 0.656. The molecule has 2 aromatic rings. The third-order valence-corrected chi connectivity index (χ3v) is 4.48. The van der Waals surface area contributed by atoms with Crippen molar-refractivity contribution in [3.05, 3.63) is 68.7 Å². The minimum Gasteiger partial charge on any atom is -0.271 e. The van der Waals surface area contributed by atoms with Gasteiger partial charge in [0.1, 0.15) is 11.6 Å². The SMILES string of the molecule is Cc1cc(C(NN)c2ccc(F)cc2F)cc(C)c1Br. The zero-order valence-electron chi connectivity index (χ0n) is 11.2. The predicted molar refractivity (Wildman–Crippen MR) is 79.1 cm³/mol. The first-order valence-electron chi connectivity index (χ1n) is 6.11. The fraction of sp³-hybridized carbons (Fsp3) is 0.200. The van der Waals surface area contributed by atoms with E-state index >= 15 is 0 Å². The Balaban J connectivity index is 2.52. The first kappa shape index (κ1) is 15.1. The highest BCUT2D eigenvalue weighted by Crippen LogP contribution is 2.29. The van der Waals surface area contributed by atoms with Crippen molar-refractivity contribution in [1.82, 2.24) is 5.43 Å². The number of halogens is 3. The Bertz CT molecular complexity index is 621. The minimum atomic E-state index is -0.619. The van der Waals surface area contributed by atoms with Crippen LogP contribution >= 0.6 is 15.9 Å². The molecule has 0 saturated carbocycles. The summed E-state index contributed by atoms with van der Waals surface area (Å²) in [6.07, 6.45) is 0. The summed E-state index contributed by atoms with van der Waals surface area (Å²) in [6.45, 7) is 3.91. The van der Waals surface area contributed by atoms with E-state index in [4.69, 9.17) is 5.84 Å². The maximum atomic E-state index is 13.9. The van der Waals surface area contributed by atoms with Crippen LogP contribution < -0.4 is 11.3 Å². The van der Waals surface area contributed by atoms with Crippen LogP contribution in [-0.4, -0.2) is 0 Å². The van der Waals surface area contributed by atoms with Crippen molar-refractivity contribution in [1.29, 1.82) is 0 Å². The lowest BCUT2D eigenvalue weighted by atomic mass is 9.95. The molecule has 1 atom stereocenters. The zero-order valence-corrected chi connectivity index (χ0v) is 12.8. The van der Waals surface area contributed by atoms with Crippen LogP contribution in [0.15, 0.2) is 34.8 Å². The van der Waals surface area contributed by atoms with Crippen LogP contribution in [0.5, 0.6) is 0 Å². The molecular formula is C15H15BrF2N2. The van der Waals surface area contributed by atoms with E-state index in [0.717, 1.165) is 27.2 Å². The molecule has 20 heavy (non-hydrogen) atoms. The molecule has 0 saturated heterocycles. The van der Waals surface area contributed by atoms with E-state index < -0.39 is 17.7 Å². The van der Waals surface area contributed by atoms with E-state index in [1.807, 2.05) is 26.0 Å². The van der Waals surface area contributed by atoms with Crippen molar-refractivity contribution in [2.45, 2.75) is 19.9 Å². The molecular weight excluding hydrogens is 326 g/mol. The molecule has 2 nitrogen and oxygen atoms in total. The minimum absolute atomic E-state index is 0.315. The molecule has 0 spiro atoms. The summed E-state index contributed by atoms with van der Waals surface area (Å²) >= 11 is 3.49. The highest BCUT2D eigenvalue weighted by atomic mass is 79.9. The molecule has 1 unspecified atom stereocenters. The molecule has 0 heterocycles. The first-order chi connectivity index (χ1) is 9.43. The van der Waals surface area contributed by atoms with Crippen LogP contribution in [0.25, 0.3) is 0 Å². The summed E-state index contributed by atoms with van der Waals surface area (Å²) in [5, 5.41) is 0. The second-order valence-electron chi connectivity index (χ2n) is 4.73. The Labute approximate surface area is 125 Å². The molecule has 5 heteroatoms. The maximum Gasteiger partial charge on any atom is 0.131 e. The van der Waals surface area contributed by atoms with Crippen LogP contribution in [0.4, 0.5) is 8.78 Å². The van der Waals surface area contributed by atoms with Gasteiger partial charge in [-0.2, -0.15) is 0 Å². The lowest BCUT2D eigenvalue weighted by molar-refractivity contribution is 0.541. The molecule has 0 aromatic heterocycles. The second kappa shape index (κ2) is 5.99. The summed E-state index contributed by atoms with van der Waals surface area (Å²) in [5.74, 6) is 4.33. The third-order valence-electron chi connectivity index (χ3n) is 3.23. The average molecular weight is 341 g/mol. The summed E-state index contributed by atoms with van der Waals surface area (Å²) < 4.78 is 27.9. The molecule has 106 valence electrons. The Hall–Kier alpha value is -1.30. The number of hydrazine groups is 1. The molecule has 0 aliphatic heterocycles. The molecule has 2 rings (SSSR count). The van der Waals surface area contributed by atoms with E-state index in [2.05, 4.69) is 21.4 Å². The van der Waals surface area contributed by atoms with Gasteiger partial charge in [-0.3, -0.25) is 5.84 Å². The van der Waals surface area contributed by atoms with Gasteiger partial charge in [0, 0.05) is 16.1 Å². The third kappa shape index (κ3) is 2.90. The van der Waals surface area contributed by atoms with E-state index in [-0.39, 0.29) is 0 Å². The second-order valence-corrected chi connectivity index (χ2v) is 5.53. The Morgan fingerprint density at radius 1 is 1.10 bits per heavy atom. The van der Waals surface area contributed by atoms with Crippen molar-refractivity contribution in [2.24, 2.45) is 5.84 Å². The first-order valence-corrected chi connectivity index (χ1v) is 6.91. The monoisotopic (exact) mass is 340 g/mol. The van der Waals surface area contributed by atoms with Gasteiger partial charge in [0.2, 0.25) is 0 Å². The number of aryl methyl sites for hydroxylation is 2. The van der Waals surface area contributed by atoms with E-state index in [9.17, 15) is 8.78 Å². The van der Waals surface area contributed by atoms with E-state index in [0.29, 0.717) is 5.56 Å². The average Bonchev–Trinajstić information content (AvgIpc) is 2.39. The summed E-state index contributed by atoms with van der Waals surface area (Å²) in [4.78, 5) is 0. The van der Waals surface area contributed by atoms with Crippen LogP contribution in [-0.2, 0) is 0 Å². The molecule has 3 N–H and O–H groups in total. The van der Waals surface area contributed by atoms with Gasteiger partial charge in [0.25, 0.3) is 0 Å². The van der Waals surface area contributed by atoms with Gasteiger partial charge in [-0.1, -0.05) is 34.1 Å². The topological polar surface area (TPSA) is 38.0 Å². The van der Waals surface area contributed by atoms with Crippen molar-refractivity contribution < 1.29 is 8.78 Å². The van der Waals surface area contributed by atoms with Crippen LogP contribution in [0.1, 0.15) is 28.3 Å². The lowest BCUT2D eigenvalue weighted by Gasteiger charge is -2.19. The van der Waals surface area contributed by atoms with Crippen molar-refractivity contribution in [3.63, 3.8) is 0 Å². The predicted octanol–water partition coefficient (Wildman–Crippen LogP) is 3.90. The summed E-state index contributed by atoms with van der Waals surface area (Å²) in [6, 6.07) is 6.80. The van der Waals surface area contributed by atoms with Crippen molar-refractivity contribution >= 4 is 15.9 Å². The highest BCUT2D eigenvalue weighted by Gasteiger charge is 2.18. The number of hydrogen-bond acceptors (Lipinski definition) is 2. The largest absolute Gasteiger partial charge is 0.271 e. The molecule has 0 amide bonds. The van der Waals surface area contributed by atoms with Gasteiger partial charge in [-0.25, -0.2) is 14.2 Å². The number of rotatable bonds is 3. The lowest BCUT2D eigenvalue weighted by Crippen LogP contribution is -2.29. The normalized spacial score (nSPS) is 12.5. The molecule has 2 aromatic carbocycles. The van der Waals surface area contributed by atoms with E-state index in [1.54, 1.807) is 0 Å². The molecule has 0 bridgehead atoms. The van der Waals surface area contributed by atoms with Crippen LogP contribution in [0, 0.1) is 25.5 Å². The van der Waals surface area contributed by atoms with Gasteiger partial charge in [-0.05, 0) is 36.6 Å². The van der Waals surface area contributed by atoms with Gasteiger partial charge >= 0.3 is 0 Å². The van der Waals surface area contributed by atoms with E-state index in [1.165, 1.54) is 12.1 Å². The number of hydrogen-bond donors (Lipinski definition) is 2. The van der Waals surface area contributed by atoms with Gasteiger partial charge in [0.15, 0.2) is 0 Å². The Morgan fingerprint density at radius 3 is 2.20 bits per heavy atom. The summed E-state index contributed by atoms with van der Waals surface area (Å²) in [5.41, 5.74) is 5.80. The molecule has 0 aliphatic carbocycles. The smallest absolute Gasteiger partial charge is 0.131 e. The van der Waals surface area contributed by atoms with Crippen molar-refractivity contribution in [3.8, 4) is 0 Å². The van der Waals surface area contributed by atoms with Gasteiger partial charge in [0.05, 0.1) is 6.04 Å². The number of benzene rings is 2. The Kier molecular flexibility index (Phi) is 4.52. The van der Waals surface area contributed by atoms with Crippen molar-refractivity contribution in [2.75, 3.05) is 0 Å². The van der Waals surface area contributed by atoms with Gasteiger partial charge in [-0.15, -0.1) is 0 Å². The zero-order chi connectivity index (χ0) is 14.9. The number of nitrogens with one attached hydrogen (secondary N) is 1. The fourth-order valence-corrected chi connectivity index (χ4v) is 2.48. The molecule has 0 radical (unpaired) electrons. The molecule has 0 fully saturated rings.